The maximum absolute atomic E-state index is 12.3. The number of fused-ring (bicyclic) bond motifs is 1. The van der Waals surface area contributed by atoms with Gasteiger partial charge in [-0.25, -0.2) is 9.50 Å². The molecule has 0 bridgehead atoms. The van der Waals surface area contributed by atoms with Crippen molar-refractivity contribution in [2.24, 2.45) is 0 Å². The van der Waals surface area contributed by atoms with E-state index in [1.807, 2.05) is 39.8 Å². The second kappa shape index (κ2) is 7.54. The Morgan fingerprint density at radius 1 is 1.19 bits per heavy atom. The smallest absolute Gasteiger partial charge is 0.253 e. The molecule has 0 fully saturated rings. The molecule has 0 aliphatic carbocycles. The summed E-state index contributed by atoms with van der Waals surface area (Å²) in [5.74, 6) is -0.136. The van der Waals surface area contributed by atoms with Gasteiger partial charge in [0, 0.05) is 23.6 Å². The third-order valence-corrected chi connectivity index (χ3v) is 4.43. The first-order valence-electron chi connectivity index (χ1n) is 8.89. The molecule has 0 saturated carbocycles. The number of carbonyl (C=O) groups excluding carboxylic acids is 1. The van der Waals surface area contributed by atoms with Crippen LogP contribution in [0.15, 0.2) is 18.2 Å². The van der Waals surface area contributed by atoms with E-state index in [1.165, 1.54) is 0 Å². The molecule has 27 heavy (non-hydrogen) atoms. The highest BCUT2D eigenvalue weighted by Crippen LogP contribution is 2.17. The minimum absolute atomic E-state index is 0.136. The summed E-state index contributed by atoms with van der Waals surface area (Å²) in [7, 11) is 0. The fraction of sp³-hybridized carbons (Fsp3) is 0.350. The number of hydrogen-bond acceptors (Lipinski definition) is 5. The fourth-order valence-electron chi connectivity index (χ4n) is 3.13. The summed E-state index contributed by atoms with van der Waals surface area (Å²) < 4.78 is 1.71. The van der Waals surface area contributed by atoms with Crippen molar-refractivity contribution in [1.82, 2.24) is 24.9 Å². The van der Waals surface area contributed by atoms with Crippen LogP contribution in [-0.4, -0.2) is 32.0 Å². The van der Waals surface area contributed by atoms with Crippen molar-refractivity contribution in [3.05, 3.63) is 57.8 Å². The predicted octanol–water partition coefficient (Wildman–Crippen LogP) is 2.59. The number of nitrogens with one attached hydrogen (secondary N) is 1. The highest BCUT2D eigenvalue weighted by molar-refractivity contribution is 5.95. The van der Waals surface area contributed by atoms with Crippen molar-refractivity contribution in [1.29, 1.82) is 5.26 Å². The van der Waals surface area contributed by atoms with Gasteiger partial charge in [0.15, 0.2) is 5.65 Å². The van der Waals surface area contributed by atoms with Crippen LogP contribution in [0.5, 0.6) is 0 Å². The summed E-state index contributed by atoms with van der Waals surface area (Å²) in [6.45, 7) is 8.07. The van der Waals surface area contributed by atoms with Gasteiger partial charge in [-0.05, 0) is 58.7 Å². The number of carbonyl (C=O) groups is 1. The lowest BCUT2D eigenvalue weighted by atomic mass is 10.1. The minimum atomic E-state index is -0.136. The number of aryl methyl sites for hydroxylation is 5. The van der Waals surface area contributed by atoms with Crippen LogP contribution >= 0.6 is 0 Å². The van der Waals surface area contributed by atoms with Crippen molar-refractivity contribution >= 4 is 11.6 Å². The Balaban J connectivity index is 1.66. The lowest BCUT2D eigenvalue weighted by Gasteiger charge is -2.07. The van der Waals surface area contributed by atoms with E-state index in [4.69, 9.17) is 0 Å². The molecule has 138 valence electrons. The van der Waals surface area contributed by atoms with Crippen molar-refractivity contribution in [3.63, 3.8) is 0 Å². The van der Waals surface area contributed by atoms with Gasteiger partial charge in [-0.1, -0.05) is 0 Å². The van der Waals surface area contributed by atoms with Crippen LogP contribution in [0.2, 0.25) is 0 Å². The zero-order valence-corrected chi connectivity index (χ0v) is 16.0. The topological polar surface area (TPSA) is 96.0 Å². The van der Waals surface area contributed by atoms with E-state index in [2.05, 4.69) is 26.5 Å². The Labute approximate surface area is 158 Å². The molecule has 0 aliphatic rings. The number of pyridine rings is 1. The van der Waals surface area contributed by atoms with Gasteiger partial charge in [-0.3, -0.25) is 9.78 Å². The molecule has 7 heteroatoms. The lowest BCUT2D eigenvalue weighted by molar-refractivity contribution is 0.0952. The molecule has 0 unspecified atom stereocenters. The molecule has 3 aromatic heterocycles. The molecule has 0 atom stereocenters. The quantitative estimate of drug-likeness (QED) is 0.704. The molecule has 3 rings (SSSR count). The van der Waals surface area contributed by atoms with E-state index in [1.54, 1.807) is 10.6 Å². The number of aromatic nitrogens is 4. The largest absolute Gasteiger partial charge is 0.352 e. The van der Waals surface area contributed by atoms with Crippen LogP contribution in [0.1, 0.15) is 50.8 Å². The van der Waals surface area contributed by atoms with Gasteiger partial charge in [0.2, 0.25) is 0 Å². The molecule has 0 spiro atoms. The van der Waals surface area contributed by atoms with E-state index in [-0.39, 0.29) is 5.91 Å². The average Bonchev–Trinajstić information content (AvgIpc) is 2.96. The molecule has 3 aromatic rings. The zero-order chi connectivity index (χ0) is 19.6. The van der Waals surface area contributed by atoms with Crippen LogP contribution in [0.25, 0.3) is 5.65 Å². The van der Waals surface area contributed by atoms with E-state index < -0.39 is 0 Å². The van der Waals surface area contributed by atoms with Crippen LogP contribution in [0, 0.1) is 39.0 Å². The average molecular weight is 362 g/mol. The second-order valence-electron chi connectivity index (χ2n) is 6.65. The number of nitriles is 1. The SMILES string of the molecule is Cc1ccc(C(=O)NCCCc2nn3c(C)cc(C)nc3c2C#N)c(C)n1. The maximum atomic E-state index is 12.3. The zero-order valence-electron chi connectivity index (χ0n) is 16.0. The Morgan fingerprint density at radius 2 is 1.96 bits per heavy atom. The molecule has 1 N–H and O–H groups in total. The first-order valence-corrected chi connectivity index (χ1v) is 8.89. The standard InChI is InChI=1S/C20H22N6O/c1-12-7-8-16(15(4)23-12)20(27)22-9-5-6-18-17(11-21)19-24-13(2)10-14(3)26(19)25-18/h7-8,10H,5-6,9H2,1-4H3,(H,22,27). The predicted molar refractivity (Wildman–Crippen MR) is 102 cm³/mol. The highest BCUT2D eigenvalue weighted by atomic mass is 16.1. The summed E-state index contributed by atoms with van der Waals surface area (Å²) in [5, 5.41) is 17.0. The normalized spacial score (nSPS) is 10.8. The Kier molecular flexibility index (Phi) is 5.17. The molecule has 0 radical (unpaired) electrons. The maximum Gasteiger partial charge on any atom is 0.253 e. The van der Waals surface area contributed by atoms with E-state index in [0.29, 0.717) is 41.9 Å². The van der Waals surface area contributed by atoms with Gasteiger partial charge in [-0.2, -0.15) is 10.4 Å². The van der Waals surface area contributed by atoms with E-state index >= 15 is 0 Å². The first-order chi connectivity index (χ1) is 12.9. The van der Waals surface area contributed by atoms with Crippen LogP contribution in [-0.2, 0) is 6.42 Å². The van der Waals surface area contributed by atoms with Gasteiger partial charge in [0.25, 0.3) is 5.91 Å². The molecule has 7 nitrogen and oxygen atoms in total. The van der Waals surface area contributed by atoms with Crippen molar-refractivity contribution < 1.29 is 4.79 Å². The summed E-state index contributed by atoms with van der Waals surface area (Å²) in [4.78, 5) is 21.1. The van der Waals surface area contributed by atoms with E-state index in [9.17, 15) is 10.1 Å². The highest BCUT2D eigenvalue weighted by Gasteiger charge is 2.15. The summed E-state index contributed by atoms with van der Waals surface area (Å²) in [5.41, 5.74) is 5.80. The molecular weight excluding hydrogens is 340 g/mol. The summed E-state index contributed by atoms with van der Waals surface area (Å²) in [6.07, 6.45) is 1.27. The third-order valence-electron chi connectivity index (χ3n) is 4.43. The number of nitrogens with zero attached hydrogens (tertiary/aromatic N) is 5. The molecule has 0 aromatic carbocycles. The number of rotatable bonds is 5. The van der Waals surface area contributed by atoms with Gasteiger partial charge < -0.3 is 5.32 Å². The van der Waals surface area contributed by atoms with Crippen LogP contribution in [0.4, 0.5) is 0 Å². The molecule has 3 heterocycles. The van der Waals surface area contributed by atoms with Gasteiger partial charge >= 0.3 is 0 Å². The molecule has 0 saturated heterocycles. The van der Waals surface area contributed by atoms with Gasteiger partial charge in [0.05, 0.1) is 17.0 Å². The third kappa shape index (κ3) is 3.80. The number of amides is 1. The molecular formula is C20H22N6O. The van der Waals surface area contributed by atoms with Crippen LogP contribution < -0.4 is 5.32 Å². The summed E-state index contributed by atoms with van der Waals surface area (Å²) in [6, 6.07) is 7.77. The Hall–Kier alpha value is -3.27. The van der Waals surface area contributed by atoms with Crippen molar-refractivity contribution in [2.45, 2.75) is 40.5 Å². The molecule has 1 amide bonds. The number of hydrogen-bond donors (Lipinski definition) is 1. The minimum Gasteiger partial charge on any atom is -0.352 e. The lowest BCUT2D eigenvalue weighted by Crippen LogP contribution is -2.26. The fourth-order valence-corrected chi connectivity index (χ4v) is 3.13. The summed E-state index contributed by atoms with van der Waals surface area (Å²) >= 11 is 0. The molecule has 0 aliphatic heterocycles. The van der Waals surface area contributed by atoms with Crippen LogP contribution in [0.3, 0.4) is 0 Å². The van der Waals surface area contributed by atoms with Gasteiger partial charge in [-0.15, -0.1) is 0 Å². The first kappa shape index (κ1) is 18.5. The van der Waals surface area contributed by atoms with Gasteiger partial charge in [0.1, 0.15) is 11.6 Å². The van der Waals surface area contributed by atoms with Crippen molar-refractivity contribution in [2.75, 3.05) is 6.54 Å². The Morgan fingerprint density at radius 3 is 2.67 bits per heavy atom. The monoisotopic (exact) mass is 362 g/mol. The second-order valence-corrected chi connectivity index (χ2v) is 6.65. The Bertz CT molecular complexity index is 1060. The van der Waals surface area contributed by atoms with E-state index in [0.717, 1.165) is 22.8 Å². The van der Waals surface area contributed by atoms with Crippen molar-refractivity contribution in [3.8, 4) is 6.07 Å².